The molecule has 1 heterocycles. The lowest BCUT2D eigenvalue weighted by Crippen LogP contribution is -2.26. The van der Waals surface area contributed by atoms with Crippen LogP contribution in [0.3, 0.4) is 0 Å². The first-order chi connectivity index (χ1) is 12.5. The SMILES string of the molecule is CCOC(=O)C(Sc1nnc(COc2ccc(CC)cc2)n1C)C(C)C. The van der Waals surface area contributed by atoms with E-state index in [4.69, 9.17) is 9.47 Å². The molecule has 0 saturated heterocycles. The average Bonchev–Trinajstić information content (AvgIpc) is 2.98. The molecule has 1 aromatic heterocycles. The molecule has 0 aliphatic heterocycles. The van der Waals surface area contributed by atoms with Crippen molar-refractivity contribution in [2.75, 3.05) is 6.61 Å². The molecule has 0 N–H and O–H groups in total. The predicted molar refractivity (Wildman–Crippen MR) is 102 cm³/mol. The van der Waals surface area contributed by atoms with Crippen LogP contribution in [0.4, 0.5) is 0 Å². The molecule has 2 aromatic rings. The van der Waals surface area contributed by atoms with Crippen molar-refractivity contribution in [2.45, 2.75) is 51.1 Å². The van der Waals surface area contributed by atoms with Gasteiger partial charge in [-0.1, -0.05) is 44.7 Å². The van der Waals surface area contributed by atoms with Gasteiger partial charge in [0.05, 0.1) is 6.61 Å². The van der Waals surface area contributed by atoms with E-state index in [9.17, 15) is 4.79 Å². The quantitative estimate of drug-likeness (QED) is 0.491. The fourth-order valence-corrected chi connectivity index (χ4v) is 3.35. The van der Waals surface area contributed by atoms with Gasteiger partial charge in [-0.25, -0.2) is 0 Å². The lowest BCUT2D eigenvalue weighted by atomic mass is 10.1. The van der Waals surface area contributed by atoms with Gasteiger partial charge < -0.3 is 14.0 Å². The highest BCUT2D eigenvalue weighted by Gasteiger charge is 2.27. The molecular formula is C19H27N3O3S. The Kier molecular flexibility index (Phi) is 7.50. The van der Waals surface area contributed by atoms with E-state index in [1.165, 1.54) is 17.3 Å². The van der Waals surface area contributed by atoms with E-state index in [0.29, 0.717) is 24.2 Å². The highest BCUT2D eigenvalue weighted by atomic mass is 32.2. The summed E-state index contributed by atoms with van der Waals surface area (Å²) in [6.07, 6.45) is 1.00. The number of aromatic nitrogens is 3. The van der Waals surface area contributed by atoms with E-state index < -0.39 is 0 Å². The molecule has 26 heavy (non-hydrogen) atoms. The Morgan fingerprint density at radius 2 is 1.88 bits per heavy atom. The van der Waals surface area contributed by atoms with E-state index >= 15 is 0 Å². The van der Waals surface area contributed by atoms with Gasteiger partial charge in [0.15, 0.2) is 11.0 Å². The number of ether oxygens (including phenoxy) is 2. The number of hydrogen-bond acceptors (Lipinski definition) is 6. The second-order valence-corrected chi connectivity index (χ2v) is 7.39. The van der Waals surface area contributed by atoms with Crippen LogP contribution in [0.15, 0.2) is 29.4 Å². The van der Waals surface area contributed by atoms with E-state index in [2.05, 4.69) is 29.3 Å². The molecule has 1 unspecified atom stereocenters. The number of thioether (sulfide) groups is 1. The molecule has 1 aromatic carbocycles. The van der Waals surface area contributed by atoms with Crippen LogP contribution in [0.1, 0.15) is 39.1 Å². The molecule has 142 valence electrons. The van der Waals surface area contributed by atoms with Gasteiger partial charge in [0.25, 0.3) is 0 Å². The zero-order chi connectivity index (χ0) is 19.1. The third kappa shape index (κ3) is 5.24. The van der Waals surface area contributed by atoms with Crippen molar-refractivity contribution in [1.29, 1.82) is 0 Å². The van der Waals surface area contributed by atoms with Crippen molar-refractivity contribution in [3.8, 4) is 5.75 Å². The van der Waals surface area contributed by atoms with Crippen LogP contribution in [-0.4, -0.2) is 32.6 Å². The normalized spacial score (nSPS) is 12.2. The fourth-order valence-electron chi connectivity index (χ4n) is 2.34. The highest BCUT2D eigenvalue weighted by molar-refractivity contribution is 8.00. The zero-order valence-electron chi connectivity index (χ0n) is 16.1. The van der Waals surface area contributed by atoms with E-state index in [1.807, 2.05) is 44.5 Å². The molecule has 0 fully saturated rings. The van der Waals surface area contributed by atoms with Crippen molar-refractivity contribution < 1.29 is 14.3 Å². The smallest absolute Gasteiger partial charge is 0.319 e. The number of benzene rings is 1. The van der Waals surface area contributed by atoms with Gasteiger partial charge in [-0.2, -0.15) is 0 Å². The van der Waals surface area contributed by atoms with Crippen LogP contribution in [0, 0.1) is 5.92 Å². The third-order valence-corrected chi connectivity index (χ3v) is 5.54. The van der Waals surface area contributed by atoms with Crippen LogP contribution in [0.2, 0.25) is 0 Å². The van der Waals surface area contributed by atoms with E-state index in [1.54, 1.807) is 0 Å². The molecule has 0 radical (unpaired) electrons. The summed E-state index contributed by atoms with van der Waals surface area (Å²) in [4.78, 5) is 12.1. The summed E-state index contributed by atoms with van der Waals surface area (Å²) in [7, 11) is 1.88. The predicted octanol–water partition coefficient (Wildman–Crippen LogP) is 3.64. The Morgan fingerprint density at radius 1 is 1.19 bits per heavy atom. The van der Waals surface area contributed by atoms with Crippen molar-refractivity contribution in [1.82, 2.24) is 14.8 Å². The molecule has 0 aliphatic rings. The first-order valence-corrected chi connectivity index (χ1v) is 9.77. The molecule has 0 amide bonds. The Labute approximate surface area is 159 Å². The molecular weight excluding hydrogens is 350 g/mol. The number of nitrogens with zero attached hydrogens (tertiary/aromatic N) is 3. The lowest BCUT2D eigenvalue weighted by Gasteiger charge is -2.17. The van der Waals surface area contributed by atoms with Gasteiger partial charge in [0, 0.05) is 7.05 Å². The van der Waals surface area contributed by atoms with Gasteiger partial charge in [-0.3, -0.25) is 4.79 Å². The maximum atomic E-state index is 12.1. The molecule has 7 heteroatoms. The summed E-state index contributed by atoms with van der Waals surface area (Å²) in [5, 5.41) is 8.77. The van der Waals surface area contributed by atoms with Gasteiger partial charge in [0.1, 0.15) is 17.6 Å². The van der Waals surface area contributed by atoms with Crippen LogP contribution < -0.4 is 4.74 Å². The molecule has 1 atom stereocenters. The number of hydrogen-bond donors (Lipinski definition) is 0. The Morgan fingerprint density at radius 3 is 2.46 bits per heavy atom. The monoisotopic (exact) mass is 377 g/mol. The Hall–Kier alpha value is -2.02. The maximum absolute atomic E-state index is 12.1. The molecule has 0 bridgehead atoms. The molecule has 2 rings (SSSR count). The van der Waals surface area contributed by atoms with Crippen LogP contribution in [0.5, 0.6) is 5.75 Å². The summed E-state index contributed by atoms with van der Waals surface area (Å²) in [6, 6.07) is 8.03. The minimum atomic E-state index is -0.312. The Balaban J connectivity index is 2.02. The molecule has 0 spiro atoms. The molecule has 0 saturated carbocycles. The third-order valence-electron chi connectivity index (χ3n) is 3.98. The van der Waals surface area contributed by atoms with Crippen molar-refractivity contribution in [3.05, 3.63) is 35.7 Å². The van der Waals surface area contributed by atoms with Crippen LogP contribution in [0.25, 0.3) is 0 Å². The lowest BCUT2D eigenvalue weighted by molar-refractivity contribution is -0.143. The number of esters is 1. The minimum absolute atomic E-state index is 0.132. The summed E-state index contributed by atoms with van der Waals surface area (Å²) in [5.74, 6) is 1.42. The van der Waals surface area contributed by atoms with Gasteiger partial charge in [0.2, 0.25) is 0 Å². The summed E-state index contributed by atoms with van der Waals surface area (Å²) >= 11 is 1.38. The van der Waals surface area contributed by atoms with Crippen LogP contribution in [-0.2, 0) is 29.6 Å². The number of carbonyl (C=O) groups excluding carboxylic acids is 1. The fraction of sp³-hybridized carbons (Fsp3) is 0.526. The Bertz CT molecular complexity index is 713. The summed E-state index contributed by atoms with van der Waals surface area (Å²) in [5.41, 5.74) is 1.27. The number of aryl methyl sites for hydroxylation is 1. The standard InChI is InChI=1S/C19H27N3O3S/c1-6-14-8-10-15(11-9-14)25-12-16-20-21-19(22(16)5)26-17(13(3)4)18(23)24-7-2/h8-11,13,17H,6-7,12H2,1-5H3. The zero-order valence-corrected chi connectivity index (χ0v) is 16.9. The van der Waals surface area contributed by atoms with Gasteiger partial charge in [-0.05, 0) is 37.0 Å². The second kappa shape index (κ2) is 9.62. The summed E-state index contributed by atoms with van der Waals surface area (Å²) < 4.78 is 12.8. The number of carbonyl (C=O) groups is 1. The van der Waals surface area contributed by atoms with Gasteiger partial charge in [-0.15, -0.1) is 10.2 Å². The maximum Gasteiger partial charge on any atom is 0.319 e. The highest BCUT2D eigenvalue weighted by Crippen LogP contribution is 2.28. The van der Waals surface area contributed by atoms with E-state index in [0.717, 1.165) is 12.2 Å². The second-order valence-electron chi connectivity index (χ2n) is 6.28. The largest absolute Gasteiger partial charge is 0.486 e. The summed E-state index contributed by atoms with van der Waals surface area (Å²) in [6.45, 7) is 8.61. The molecule has 0 aliphatic carbocycles. The van der Waals surface area contributed by atoms with Crippen molar-refractivity contribution in [3.63, 3.8) is 0 Å². The topological polar surface area (TPSA) is 66.2 Å². The van der Waals surface area contributed by atoms with E-state index in [-0.39, 0.29) is 17.1 Å². The van der Waals surface area contributed by atoms with Crippen molar-refractivity contribution in [2.24, 2.45) is 13.0 Å². The first-order valence-electron chi connectivity index (χ1n) is 8.89. The average molecular weight is 378 g/mol. The molecule has 6 nitrogen and oxygen atoms in total. The number of rotatable bonds is 9. The van der Waals surface area contributed by atoms with Crippen LogP contribution >= 0.6 is 11.8 Å². The van der Waals surface area contributed by atoms with Crippen molar-refractivity contribution >= 4 is 17.7 Å². The minimum Gasteiger partial charge on any atom is -0.486 e. The first kappa shape index (κ1) is 20.3. The van der Waals surface area contributed by atoms with Gasteiger partial charge >= 0.3 is 5.97 Å².